The van der Waals surface area contributed by atoms with Gasteiger partial charge in [-0.2, -0.15) is 0 Å². The van der Waals surface area contributed by atoms with E-state index >= 15 is 0 Å². The van der Waals surface area contributed by atoms with Crippen LogP contribution in [0, 0.1) is 0 Å². The van der Waals surface area contributed by atoms with Crippen LogP contribution in [0.4, 0.5) is 0 Å². The van der Waals surface area contributed by atoms with Gasteiger partial charge < -0.3 is 10.2 Å². The molecule has 0 spiro atoms. The Balaban J connectivity index is 2.49. The number of phenolic OH excluding ortho intramolecular Hbond substituents is 1. The summed E-state index contributed by atoms with van der Waals surface area (Å²) in [5.41, 5.74) is 2.54. The molecule has 1 aliphatic rings. The van der Waals surface area contributed by atoms with Crippen molar-refractivity contribution in [2.45, 2.75) is 52.4 Å². The van der Waals surface area contributed by atoms with Gasteiger partial charge in [-0.05, 0) is 59.6 Å². The highest BCUT2D eigenvalue weighted by Gasteiger charge is 2.33. The molecule has 7 heteroatoms. The van der Waals surface area contributed by atoms with Crippen molar-refractivity contribution in [1.82, 2.24) is 4.90 Å². The molecule has 0 saturated carbocycles. The van der Waals surface area contributed by atoms with E-state index in [4.69, 9.17) is 17.3 Å². The summed E-state index contributed by atoms with van der Waals surface area (Å²) >= 11 is 6.25. The molecule has 2 rings (SSSR count). The van der Waals surface area contributed by atoms with Crippen molar-refractivity contribution < 1.29 is 19.8 Å². The summed E-state index contributed by atoms with van der Waals surface area (Å²) in [6, 6.07) is 3.80. The summed E-state index contributed by atoms with van der Waals surface area (Å²) in [5.74, 6) is -0.800. The minimum absolute atomic E-state index is 0.183. The van der Waals surface area contributed by atoms with Crippen LogP contribution in [-0.2, 0) is 9.59 Å². The zero-order chi connectivity index (χ0) is 20.3. The van der Waals surface area contributed by atoms with Crippen LogP contribution < -0.4 is 0 Å². The van der Waals surface area contributed by atoms with Gasteiger partial charge in [-0.25, -0.2) is 0 Å². The van der Waals surface area contributed by atoms with Gasteiger partial charge in [-0.15, -0.1) is 0 Å². The molecule has 2 unspecified atom stereocenters. The lowest BCUT2D eigenvalue weighted by Crippen LogP contribution is -2.33. The molecular weight excluding hydrogens is 382 g/mol. The molecule has 1 heterocycles. The predicted molar refractivity (Wildman–Crippen MR) is 113 cm³/mol. The first kappa shape index (κ1) is 21.4. The van der Waals surface area contributed by atoms with E-state index in [2.05, 4.69) is 27.7 Å². The molecule has 1 aromatic rings. The zero-order valence-corrected chi connectivity index (χ0v) is 17.6. The van der Waals surface area contributed by atoms with Crippen LogP contribution in [0.25, 0.3) is 6.08 Å². The predicted octanol–water partition coefficient (Wildman–Crippen LogP) is 4.71. The normalized spacial score (nSPS) is 18.2. The number of aliphatic carboxylic acids is 1. The Labute approximate surface area is 169 Å². The maximum Gasteiger partial charge on any atom is 0.323 e. The second kappa shape index (κ2) is 8.89. The molecular formula is C20H25NO4S2. The number of benzene rings is 1. The molecule has 5 nitrogen and oxygen atoms in total. The van der Waals surface area contributed by atoms with Crippen LogP contribution in [0.5, 0.6) is 5.75 Å². The summed E-state index contributed by atoms with van der Waals surface area (Å²) < 4.78 is 0.247. The van der Waals surface area contributed by atoms with Crippen molar-refractivity contribution in [3.05, 3.63) is 33.7 Å². The Hall–Kier alpha value is -1.86. The Morgan fingerprint density at radius 3 is 2.19 bits per heavy atom. The molecule has 146 valence electrons. The quantitative estimate of drug-likeness (QED) is 0.504. The van der Waals surface area contributed by atoms with Gasteiger partial charge in [-0.1, -0.05) is 51.7 Å². The van der Waals surface area contributed by atoms with E-state index in [0.29, 0.717) is 10.7 Å². The van der Waals surface area contributed by atoms with Gasteiger partial charge in [-0.3, -0.25) is 14.5 Å². The lowest BCUT2D eigenvalue weighted by Gasteiger charge is -2.19. The zero-order valence-electron chi connectivity index (χ0n) is 16.0. The topological polar surface area (TPSA) is 77.8 Å². The molecule has 0 radical (unpaired) electrons. The number of carbonyl (C=O) groups excluding carboxylic acids is 1. The third-order valence-corrected chi connectivity index (χ3v) is 6.32. The summed E-state index contributed by atoms with van der Waals surface area (Å²) in [4.78, 5) is 25.0. The molecule has 0 bridgehead atoms. The van der Waals surface area contributed by atoms with Gasteiger partial charge in [0.15, 0.2) is 0 Å². The Morgan fingerprint density at radius 1 is 1.22 bits per heavy atom. The van der Waals surface area contributed by atoms with Crippen molar-refractivity contribution in [1.29, 1.82) is 0 Å². The number of hydrogen-bond acceptors (Lipinski definition) is 5. The summed E-state index contributed by atoms with van der Waals surface area (Å²) in [6.07, 6.45) is 3.51. The maximum atomic E-state index is 12.5. The first-order chi connectivity index (χ1) is 12.7. The first-order valence-corrected chi connectivity index (χ1v) is 10.3. The van der Waals surface area contributed by atoms with Gasteiger partial charge in [0.25, 0.3) is 5.91 Å². The highest BCUT2D eigenvalue weighted by molar-refractivity contribution is 8.26. The second-order valence-electron chi connectivity index (χ2n) is 6.83. The molecule has 1 saturated heterocycles. The van der Waals surface area contributed by atoms with E-state index < -0.39 is 18.4 Å². The van der Waals surface area contributed by atoms with Gasteiger partial charge in [0.1, 0.15) is 16.6 Å². The van der Waals surface area contributed by atoms with E-state index in [1.54, 1.807) is 6.08 Å². The standard InChI is InChI=1S/C20H25NO4S2/c1-5-11(3)14-7-13(8-15(18(14)24)12(4)6-2)9-16-19(25)21(10-17(22)23)20(26)27-16/h7-9,11-12,24H,5-6,10H2,1-4H3,(H,22,23). The minimum atomic E-state index is -1.10. The van der Waals surface area contributed by atoms with Gasteiger partial charge >= 0.3 is 5.97 Å². The van der Waals surface area contributed by atoms with Crippen LogP contribution in [0.2, 0.25) is 0 Å². The number of hydrogen-bond donors (Lipinski definition) is 2. The number of carboxylic acids is 1. The molecule has 1 aromatic carbocycles. The highest BCUT2D eigenvalue weighted by atomic mass is 32.2. The lowest BCUT2D eigenvalue weighted by atomic mass is 9.88. The molecule has 27 heavy (non-hydrogen) atoms. The van der Waals surface area contributed by atoms with Crippen molar-refractivity contribution >= 4 is 46.3 Å². The van der Waals surface area contributed by atoms with Crippen LogP contribution >= 0.6 is 24.0 Å². The van der Waals surface area contributed by atoms with Gasteiger partial charge in [0, 0.05) is 0 Å². The number of amides is 1. The number of nitrogens with zero attached hydrogens (tertiary/aromatic N) is 1. The van der Waals surface area contributed by atoms with Gasteiger partial charge in [0.05, 0.1) is 4.91 Å². The number of aromatic hydroxyl groups is 1. The van der Waals surface area contributed by atoms with Crippen LogP contribution in [0.3, 0.4) is 0 Å². The number of carbonyl (C=O) groups is 2. The molecule has 0 aliphatic carbocycles. The van der Waals surface area contributed by atoms with Crippen LogP contribution in [0.1, 0.15) is 69.1 Å². The smallest absolute Gasteiger partial charge is 0.323 e. The van der Waals surface area contributed by atoms with Crippen LogP contribution in [0.15, 0.2) is 17.0 Å². The number of thiocarbonyl (C=S) groups is 1. The molecule has 0 aromatic heterocycles. The maximum absolute atomic E-state index is 12.5. The molecule has 1 amide bonds. The molecule has 2 N–H and O–H groups in total. The fourth-order valence-corrected chi connectivity index (χ4v) is 4.16. The molecule has 1 aliphatic heterocycles. The monoisotopic (exact) mass is 407 g/mol. The highest BCUT2D eigenvalue weighted by Crippen LogP contribution is 2.39. The van der Waals surface area contributed by atoms with Crippen molar-refractivity contribution in [2.75, 3.05) is 6.54 Å². The van der Waals surface area contributed by atoms with E-state index in [1.807, 2.05) is 12.1 Å². The fourth-order valence-electron chi connectivity index (χ4n) is 2.90. The summed E-state index contributed by atoms with van der Waals surface area (Å²) in [7, 11) is 0. The number of carboxylic acid groups (broad SMARTS) is 1. The average molecular weight is 408 g/mol. The van der Waals surface area contributed by atoms with Crippen molar-refractivity contribution in [3.63, 3.8) is 0 Å². The first-order valence-electron chi connectivity index (χ1n) is 9.03. The van der Waals surface area contributed by atoms with Crippen molar-refractivity contribution in [2.24, 2.45) is 0 Å². The van der Waals surface area contributed by atoms with Crippen molar-refractivity contribution in [3.8, 4) is 5.75 Å². The van der Waals surface area contributed by atoms with Crippen LogP contribution in [-0.4, -0.2) is 37.9 Å². The molecule has 1 fully saturated rings. The second-order valence-corrected chi connectivity index (χ2v) is 8.50. The average Bonchev–Trinajstić information content (AvgIpc) is 2.88. The Morgan fingerprint density at radius 2 is 1.74 bits per heavy atom. The van der Waals surface area contributed by atoms with E-state index in [-0.39, 0.29) is 16.2 Å². The lowest BCUT2D eigenvalue weighted by molar-refractivity contribution is -0.140. The number of thioether (sulfide) groups is 1. The van der Waals surface area contributed by atoms with E-state index in [9.17, 15) is 14.7 Å². The largest absolute Gasteiger partial charge is 0.507 e. The van der Waals surface area contributed by atoms with Gasteiger partial charge in [0.2, 0.25) is 0 Å². The number of phenols is 1. The fraction of sp³-hybridized carbons (Fsp3) is 0.450. The summed E-state index contributed by atoms with van der Waals surface area (Å²) in [6.45, 7) is 7.82. The third kappa shape index (κ3) is 4.71. The Bertz CT molecular complexity index is 772. The number of rotatable bonds is 7. The summed E-state index contributed by atoms with van der Waals surface area (Å²) in [5, 5.41) is 19.7. The minimum Gasteiger partial charge on any atom is -0.507 e. The van der Waals surface area contributed by atoms with E-state index in [1.165, 1.54) is 0 Å². The Kier molecular flexibility index (Phi) is 7.06. The van der Waals surface area contributed by atoms with E-state index in [0.717, 1.165) is 46.2 Å². The third-order valence-electron chi connectivity index (χ3n) is 4.94. The SMILES string of the molecule is CCC(C)c1cc(C=C2SC(=S)N(CC(=O)O)C2=O)cc(C(C)CC)c1O. The molecule has 2 atom stereocenters.